The van der Waals surface area contributed by atoms with Gasteiger partial charge in [0.05, 0.1) is 25.9 Å². The number of para-hydroxylation sites is 1. The van der Waals surface area contributed by atoms with Gasteiger partial charge < -0.3 is 45.0 Å². The summed E-state index contributed by atoms with van der Waals surface area (Å²) < 4.78 is 12.1. The molecule has 9 atom stereocenters. The van der Waals surface area contributed by atoms with E-state index in [1.807, 2.05) is 101 Å². The molecule has 4 aliphatic rings. The number of allylic oxidation sites excluding steroid dienone is 4. The Labute approximate surface area is 377 Å². The summed E-state index contributed by atoms with van der Waals surface area (Å²) in [4.78, 5) is 41.3. The van der Waals surface area contributed by atoms with Crippen LogP contribution in [0.25, 0.3) is 11.1 Å². The molecule has 2 aromatic carbocycles. The summed E-state index contributed by atoms with van der Waals surface area (Å²) in [6.07, 6.45) is 10.6. The molecule has 3 saturated carbocycles. The van der Waals surface area contributed by atoms with E-state index in [2.05, 4.69) is 47.8 Å². The molecule has 1 aliphatic heterocycles. The van der Waals surface area contributed by atoms with Crippen LogP contribution in [0.1, 0.15) is 62.9 Å². The molecule has 0 radical (unpaired) electrons. The largest absolute Gasteiger partial charge is 0.491 e. The Morgan fingerprint density at radius 1 is 1.06 bits per heavy atom. The van der Waals surface area contributed by atoms with Crippen LogP contribution in [-0.2, 0) is 20.9 Å². The lowest BCUT2D eigenvalue weighted by atomic mass is 9.45. The number of amides is 2. The van der Waals surface area contributed by atoms with E-state index in [-0.39, 0.29) is 42.5 Å². The van der Waals surface area contributed by atoms with Gasteiger partial charge in [-0.1, -0.05) is 75.9 Å². The third kappa shape index (κ3) is 12.4. The number of carbonyl (C=O) groups is 2. The molecule has 63 heavy (non-hydrogen) atoms. The molecule has 2 aromatic rings. The van der Waals surface area contributed by atoms with Crippen LogP contribution in [0, 0.1) is 29.1 Å². The summed E-state index contributed by atoms with van der Waals surface area (Å²) >= 11 is 0. The number of rotatable bonds is 23. The van der Waals surface area contributed by atoms with Crippen molar-refractivity contribution in [3.63, 3.8) is 0 Å². The van der Waals surface area contributed by atoms with Gasteiger partial charge in [0.25, 0.3) is 5.91 Å². The predicted octanol–water partition coefficient (Wildman–Crippen LogP) is 5.39. The van der Waals surface area contributed by atoms with Gasteiger partial charge in [-0.05, 0) is 94.3 Å². The molecule has 13 heteroatoms. The van der Waals surface area contributed by atoms with Crippen LogP contribution in [0.15, 0.2) is 73.4 Å². The molecular weight excluding hydrogens is 797 g/mol. The molecule has 6 rings (SSSR count). The number of aliphatic hydroxyl groups excluding tert-OH is 2. The minimum atomic E-state index is -0.926. The van der Waals surface area contributed by atoms with Gasteiger partial charge in [0.1, 0.15) is 24.5 Å². The number of fused-ring (bicyclic) bond motifs is 2. The number of hydrogen-bond donors (Lipinski definition) is 4. The van der Waals surface area contributed by atoms with E-state index < -0.39 is 24.2 Å². The first-order valence-corrected chi connectivity index (χ1v) is 22.7. The number of likely N-dealkylation sites (N-methyl/N-ethyl adjacent to an activating group) is 2. The van der Waals surface area contributed by atoms with Crippen LogP contribution in [0.5, 0.6) is 5.75 Å². The number of anilines is 1. The van der Waals surface area contributed by atoms with Gasteiger partial charge in [-0.15, -0.1) is 0 Å². The van der Waals surface area contributed by atoms with Crippen molar-refractivity contribution in [2.24, 2.45) is 29.1 Å². The van der Waals surface area contributed by atoms with Crippen molar-refractivity contribution < 1.29 is 34.1 Å². The van der Waals surface area contributed by atoms with Gasteiger partial charge in [0, 0.05) is 81.2 Å². The molecule has 348 valence electrons. The topological polar surface area (TPSA) is 139 Å². The zero-order valence-corrected chi connectivity index (χ0v) is 39.5. The van der Waals surface area contributed by atoms with E-state index >= 15 is 0 Å². The number of ether oxygens (including phenoxy) is 2. The number of nitrogens with zero attached hydrogens (tertiary/aromatic N) is 4. The lowest BCUT2D eigenvalue weighted by Crippen LogP contribution is -2.62. The molecule has 2 bridgehead atoms. The van der Waals surface area contributed by atoms with E-state index in [1.165, 1.54) is 6.42 Å². The molecule has 3 aliphatic carbocycles. The van der Waals surface area contributed by atoms with Gasteiger partial charge in [-0.3, -0.25) is 14.4 Å². The molecular formula is C50H76N6O7. The third-order valence-electron chi connectivity index (χ3n) is 13.7. The second-order valence-corrected chi connectivity index (χ2v) is 19.1. The first-order valence-electron chi connectivity index (χ1n) is 22.7. The van der Waals surface area contributed by atoms with Gasteiger partial charge in [-0.25, -0.2) is 0 Å². The Morgan fingerprint density at radius 3 is 2.44 bits per heavy atom. The highest BCUT2D eigenvalue weighted by molar-refractivity contribution is 5.97. The van der Waals surface area contributed by atoms with E-state index in [4.69, 9.17) is 14.3 Å². The molecule has 0 spiro atoms. The summed E-state index contributed by atoms with van der Waals surface area (Å²) in [5.74, 6) is 0.926. The molecule has 1 heterocycles. The predicted molar refractivity (Wildman–Crippen MR) is 252 cm³/mol. The number of carbonyl (C=O) groups excluding carboxylic acids is 2. The third-order valence-corrected chi connectivity index (χ3v) is 13.7. The van der Waals surface area contributed by atoms with Crippen molar-refractivity contribution in [2.75, 3.05) is 86.7 Å². The Kier molecular flexibility index (Phi) is 18.0. The standard InChI is InChI=1S/C50H76N6O7/c1-12-13-14-15-16-19-39(31-53(6)7)51-48(59)37-25-36(26-40(27-37)54(8)9)41-20-17-18-35(47(41)62-24-22-55(10)21-23-61-11)30-56-46(45(34(3)58)44(32-57)63-56)49(60)52-43-29-38-28-42(33(43)2)50(38,4)5/h12-18,20,25-27,33-34,38-39,42-46,57-58H,1,19,21-24,28-32H2,2-11H3,(H,51,59)(H,52,60)/b14-13-,16-15+/t33?,34?,38-,39+,42+,43+,44?,45-,46+/m1/s1. The number of hydrogen-bond acceptors (Lipinski definition) is 11. The van der Waals surface area contributed by atoms with Crippen LogP contribution in [0.3, 0.4) is 0 Å². The number of methoxy groups -OCH3 is 1. The van der Waals surface area contributed by atoms with Crippen LogP contribution in [0.4, 0.5) is 5.69 Å². The molecule has 1 saturated heterocycles. The van der Waals surface area contributed by atoms with Crippen LogP contribution in [-0.4, -0.2) is 149 Å². The molecule has 13 nitrogen and oxygen atoms in total. The van der Waals surface area contributed by atoms with E-state index in [0.29, 0.717) is 61.8 Å². The smallest absolute Gasteiger partial charge is 0.251 e. The van der Waals surface area contributed by atoms with Crippen molar-refractivity contribution in [3.8, 4) is 16.9 Å². The second kappa shape index (κ2) is 22.7. The van der Waals surface area contributed by atoms with Crippen molar-refractivity contribution in [3.05, 3.63) is 84.5 Å². The zero-order valence-electron chi connectivity index (χ0n) is 39.5. The quantitative estimate of drug-likeness (QED) is 0.107. The maximum atomic E-state index is 14.5. The fourth-order valence-electron chi connectivity index (χ4n) is 9.93. The lowest BCUT2D eigenvalue weighted by Gasteiger charge is -2.62. The Hall–Kier alpha value is -4.08. The number of nitrogens with one attached hydrogen (secondary N) is 2. The monoisotopic (exact) mass is 873 g/mol. The molecule has 2 amide bonds. The van der Waals surface area contributed by atoms with Gasteiger partial charge in [0.2, 0.25) is 5.91 Å². The van der Waals surface area contributed by atoms with Gasteiger partial charge in [0.15, 0.2) is 0 Å². The summed E-state index contributed by atoms with van der Waals surface area (Å²) in [7, 11) is 11.6. The van der Waals surface area contributed by atoms with E-state index in [1.54, 1.807) is 25.2 Å². The maximum absolute atomic E-state index is 14.5. The van der Waals surface area contributed by atoms with Crippen molar-refractivity contribution in [1.82, 2.24) is 25.5 Å². The maximum Gasteiger partial charge on any atom is 0.251 e. The Morgan fingerprint density at radius 2 is 1.81 bits per heavy atom. The van der Waals surface area contributed by atoms with E-state index in [0.717, 1.165) is 35.3 Å². The lowest BCUT2D eigenvalue weighted by molar-refractivity contribution is -0.183. The molecule has 3 unspecified atom stereocenters. The Balaban J connectivity index is 1.51. The highest BCUT2D eigenvalue weighted by atomic mass is 16.7. The number of benzene rings is 2. The normalized spacial score (nSPS) is 25.3. The van der Waals surface area contributed by atoms with Crippen molar-refractivity contribution in [2.45, 2.75) is 83.8 Å². The highest BCUT2D eigenvalue weighted by Gasteiger charge is 2.57. The summed E-state index contributed by atoms with van der Waals surface area (Å²) in [5.41, 5.74) is 3.93. The fraction of sp³-hybridized carbons (Fsp3) is 0.600. The minimum absolute atomic E-state index is 0.0146. The Bertz CT molecular complexity index is 1900. The van der Waals surface area contributed by atoms with Gasteiger partial charge in [-0.2, -0.15) is 5.06 Å². The van der Waals surface area contributed by atoms with Crippen LogP contribution >= 0.6 is 0 Å². The minimum Gasteiger partial charge on any atom is -0.491 e. The molecule has 4 N–H and O–H groups in total. The summed E-state index contributed by atoms with van der Waals surface area (Å²) in [6.45, 7) is 15.0. The number of hydroxylamine groups is 2. The average molecular weight is 873 g/mol. The van der Waals surface area contributed by atoms with E-state index in [9.17, 15) is 19.8 Å². The number of aliphatic hydroxyl groups is 2. The highest BCUT2D eigenvalue weighted by Crippen LogP contribution is 2.61. The first kappa shape index (κ1) is 49.9. The SMILES string of the molecule is C=C/C=C\C=C\C[C@@H](CN(C)C)NC(=O)c1cc(-c2cccc(CN3OC(CO)[C@@H](C(C)O)[C@H]3C(=O)N[C@H]3C[C@H]4C[C@@H](C3C)C4(C)C)c2OCCN(C)CCOC)cc(N(C)C)c1. The second-order valence-electron chi connectivity index (χ2n) is 19.1. The van der Waals surface area contributed by atoms with Crippen LogP contribution < -0.4 is 20.3 Å². The first-order chi connectivity index (χ1) is 30.0. The van der Waals surface area contributed by atoms with Crippen molar-refractivity contribution >= 4 is 17.5 Å². The van der Waals surface area contributed by atoms with Crippen molar-refractivity contribution in [1.29, 1.82) is 0 Å². The average Bonchev–Trinajstić information content (AvgIpc) is 3.62. The molecule has 0 aromatic heterocycles. The summed E-state index contributed by atoms with van der Waals surface area (Å²) in [6, 6.07) is 10.7. The zero-order chi connectivity index (χ0) is 46.0. The van der Waals surface area contributed by atoms with Crippen LogP contribution in [0.2, 0.25) is 0 Å². The fourth-order valence-corrected chi connectivity index (χ4v) is 9.93. The summed E-state index contributed by atoms with van der Waals surface area (Å²) in [5, 5.41) is 30.0. The van der Waals surface area contributed by atoms with Gasteiger partial charge >= 0.3 is 0 Å². The molecule has 4 fully saturated rings.